The first kappa shape index (κ1) is 13.6. The highest BCUT2D eigenvalue weighted by Crippen LogP contribution is 2.32. The summed E-state index contributed by atoms with van der Waals surface area (Å²) in [7, 11) is 3.12. The third-order valence-electron chi connectivity index (χ3n) is 1.84. The SMILES string of the molecule is COc1cc(/C=N/NC(N)=O)cc(I)c1OC. The first-order valence-corrected chi connectivity index (χ1v) is 5.66. The van der Waals surface area contributed by atoms with Gasteiger partial charge in [0.15, 0.2) is 11.5 Å². The maximum atomic E-state index is 10.4. The van der Waals surface area contributed by atoms with Crippen LogP contribution in [0.2, 0.25) is 0 Å². The Morgan fingerprint density at radius 3 is 2.71 bits per heavy atom. The largest absolute Gasteiger partial charge is 0.493 e. The molecule has 2 amide bonds. The molecule has 0 unspecified atom stereocenters. The number of carbonyl (C=O) groups is 1. The van der Waals surface area contributed by atoms with Gasteiger partial charge in [0.1, 0.15) is 0 Å². The Kier molecular flexibility index (Phi) is 5.01. The number of benzene rings is 1. The van der Waals surface area contributed by atoms with Gasteiger partial charge in [0, 0.05) is 0 Å². The van der Waals surface area contributed by atoms with Crippen molar-refractivity contribution in [2.45, 2.75) is 0 Å². The zero-order valence-electron chi connectivity index (χ0n) is 9.36. The van der Waals surface area contributed by atoms with Crippen LogP contribution < -0.4 is 20.6 Å². The third kappa shape index (κ3) is 3.77. The van der Waals surface area contributed by atoms with Gasteiger partial charge in [-0.05, 0) is 40.3 Å². The summed E-state index contributed by atoms with van der Waals surface area (Å²) in [5, 5.41) is 3.66. The molecule has 0 aliphatic rings. The van der Waals surface area contributed by atoms with E-state index >= 15 is 0 Å². The Bertz CT molecular complexity index is 449. The van der Waals surface area contributed by atoms with Crippen molar-refractivity contribution in [1.82, 2.24) is 5.43 Å². The lowest BCUT2D eigenvalue weighted by atomic mass is 10.2. The average molecular weight is 349 g/mol. The maximum absolute atomic E-state index is 10.4. The predicted octanol–water partition coefficient (Wildman–Crippen LogP) is 1.31. The number of urea groups is 1. The Balaban J connectivity index is 2.99. The number of carbonyl (C=O) groups excluding carboxylic acids is 1. The summed E-state index contributed by atoms with van der Waals surface area (Å²) in [5.41, 5.74) is 7.76. The van der Waals surface area contributed by atoms with E-state index < -0.39 is 6.03 Å². The molecule has 7 heteroatoms. The average Bonchev–Trinajstić information content (AvgIpc) is 2.27. The molecule has 0 radical (unpaired) electrons. The first-order chi connectivity index (χ1) is 8.08. The van der Waals surface area contributed by atoms with E-state index in [2.05, 4.69) is 33.1 Å². The zero-order chi connectivity index (χ0) is 12.8. The molecule has 0 heterocycles. The van der Waals surface area contributed by atoms with Crippen molar-refractivity contribution < 1.29 is 14.3 Å². The van der Waals surface area contributed by atoms with E-state index in [1.165, 1.54) is 6.21 Å². The minimum atomic E-state index is -0.712. The van der Waals surface area contributed by atoms with Crippen LogP contribution >= 0.6 is 22.6 Å². The monoisotopic (exact) mass is 349 g/mol. The normalized spacial score (nSPS) is 10.3. The van der Waals surface area contributed by atoms with Crippen LogP contribution in [0, 0.1) is 3.57 Å². The van der Waals surface area contributed by atoms with Crippen LogP contribution in [0.3, 0.4) is 0 Å². The van der Waals surface area contributed by atoms with Crippen molar-refractivity contribution in [1.29, 1.82) is 0 Å². The first-order valence-electron chi connectivity index (χ1n) is 4.58. The summed E-state index contributed by atoms with van der Waals surface area (Å²) in [5.74, 6) is 1.26. The number of primary amides is 1. The molecule has 92 valence electrons. The van der Waals surface area contributed by atoms with Gasteiger partial charge in [0.05, 0.1) is 24.0 Å². The fourth-order valence-corrected chi connectivity index (χ4v) is 2.03. The molecular weight excluding hydrogens is 337 g/mol. The minimum Gasteiger partial charge on any atom is -0.493 e. The highest BCUT2D eigenvalue weighted by atomic mass is 127. The van der Waals surface area contributed by atoms with E-state index in [1.807, 2.05) is 6.07 Å². The topological polar surface area (TPSA) is 85.9 Å². The van der Waals surface area contributed by atoms with Crippen LogP contribution in [-0.4, -0.2) is 26.5 Å². The Morgan fingerprint density at radius 2 is 2.18 bits per heavy atom. The molecule has 0 spiro atoms. The van der Waals surface area contributed by atoms with Crippen LogP contribution in [0.5, 0.6) is 11.5 Å². The molecule has 0 atom stereocenters. The summed E-state index contributed by atoms with van der Waals surface area (Å²) in [4.78, 5) is 10.4. The number of hydrazone groups is 1. The zero-order valence-corrected chi connectivity index (χ0v) is 11.5. The second-order valence-electron chi connectivity index (χ2n) is 2.97. The number of nitrogens with zero attached hydrogens (tertiary/aromatic N) is 1. The molecule has 0 bridgehead atoms. The minimum absolute atomic E-state index is 0.597. The van der Waals surface area contributed by atoms with Crippen molar-refractivity contribution in [3.8, 4) is 11.5 Å². The van der Waals surface area contributed by atoms with Gasteiger partial charge in [-0.1, -0.05) is 0 Å². The van der Waals surface area contributed by atoms with E-state index in [4.69, 9.17) is 15.2 Å². The molecule has 0 saturated carbocycles. The van der Waals surface area contributed by atoms with E-state index in [1.54, 1.807) is 20.3 Å². The van der Waals surface area contributed by atoms with Gasteiger partial charge in [0.25, 0.3) is 0 Å². The van der Waals surface area contributed by atoms with Crippen LogP contribution in [0.15, 0.2) is 17.2 Å². The molecule has 1 aromatic carbocycles. The summed E-state index contributed by atoms with van der Waals surface area (Å²) in [6, 6.07) is 2.87. The number of rotatable bonds is 4. The smallest absolute Gasteiger partial charge is 0.332 e. The van der Waals surface area contributed by atoms with Gasteiger partial charge in [0.2, 0.25) is 0 Å². The number of amides is 2. The molecule has 6 nitrogen and oxygen atoms in total. The van der Waals surface area contributed by atoms with Crippen molar-refractivity contribution in [2.75, 3.05) is 14.2 Å². The highest BCUT2D eigenvalue weighted by Gasteiger charge is 2.09. The van der Waals surface area contributed by atoms with Crippen LogP contribution in [0.1, 0.15) is 5.56 Å². The molecule has 0 aliphatic heterocycles. The summed E-state index contributed by atoms with van der Waals surface area (Å²) < 4.78 is 11.3. The third-order valence-corrected chi connectivity index (χ3v) is 2.65. The van der Waals surface area contributed by atoms with Crippen molar-refractivity contribution >= 4 is 34.8 Å². The van der Waals surface area contributed by atoms with Gasteiger partial charge in [-0.2, -0.15) is 5.10 Å². The molecule has 17 heavy (non-hydrogen) atoms. The number of nitrogens with one attached hydrogen (secondary N) is 1. The molecule has 0 fully saturated rings. The molecular formula is C10H12IN3O3. The fourth-order valence-electron chi connectivity index (χ4n) is 1.18. The summed E-state index contributed by atoms with van der Waals surface area (Å²) in [6.45, 7) is 0. The fraction of sp³-hybridized carbons (Fsp3) is 0.200. The number of hydrogen-bond acceptors (Lipinski definition) is 4. The maximum Gasteiger partial charge on any atom is 0.332 e. The van der Waals surface area contributed by atoms with Crippen LogP contribution in [-0.2, 0) is 0 Å². The van der Waals surface area contributed by atoms with Gasteiger partial charge < -0.3 is 15.2 Å². The molecule has 1 rings (SSSR count). The van der Waals surface area contributed by atoms with Gasteiger partial charge in [-0.3, -0.25) is 0 Å². The number of ether oxygens (including phenoxy) is 2. The molecule has 0 aromatic heterocycles. The van der Waals surface area contributed by atoms with E-state index in [0.29, 0.717) is 11.5 Å². The Hall–Kier alpha value is -1.51. The van der Waals surface area contributed by atoms with E-state index in [0.717, 1.165) is 9.13 Å². The van der Waals surface area contributed by atoms with Gasteiger partial charge >= 0.3 is 6.03 Å². The lowest BCUT2D eigenvalue weighted by Crippen LogP contribution is -2.24. The highest BCUT2D eigenvalue weighted by molar-refractivity contribution is 14.1. The molecule has 0 saturated heterocycles. The quantitative estimate of drug-likeness (QED) is 0.488. The second-order valence-corrected chi connectivity index (χ2v) is 4.13. The number of halogens is 1. The van der Waals surface area contributed by atoms with Crippen molar-refractivity contribution in [3.63, 3.8) is 0 Å². The van der Waals surface area contributed by atoms with Gasteiger partial charge in [-0.15, -0.1) is 0 Å². The standard InChI is InChI=1S/C10H12IN3O3/c1-16-8-4-6(5-13-14-10(12)15)3-7(11)9(8)17-2/h3-5H,1-2H3,(H3,12,14,15)/b13-5+. The van der Waals surface area contributed by atoms with Crippen LogP contribution in [0.4, 0.5) is 4.79 Å². The van der Waals surface area contributed by atoms with Crippen molar-refractivity contribution in [2.24, 2.45) is 10.8 Å². The molecule has 0 aliphatic carbocycles. The predicted molar refractivity (Wildman–Crippen MR) is 72.6 cm³/mol. The van der Waals surface area contributed by atoms with E-state index in [-0.39, 0.29) is 0 Å². The summed E-state index contributed by atoms with van der Waals surface area (Å²) in [6.07, 6.45) is 1.47. The van der Waals surface area contributed by atoms with E-state index in [9.17, 15) is 4.79 Å². The second kappa shape index (κ2) is 6.28. The number of nitrogens with two attached hydrogens (primary N) is 1. The molecule has 3 N–H and O–H groups in total. The lowest BCUT2D eigenvalue weighted by molar-refractivity contribution is 0.249. The Morgan fingerprint density at radius 1 is 1.47 bits per heavy atom. The van der Waals surface area contributed by atoms with Crippen molar-refractivity contribution in [3.05, 3.63) is 21.3 Å². The lowest BCUT2D eigenvalue weighted by Gasteiger charge is -2.10. The van der Waals surface area contributed by atoms with Gasteiger partial charge in [-0.25, -0.2) is 10.2 Å². The summed E-state index contributed by atoms with van der Waals surface area (Å²) >= 11 is 2.12. The Labute approximate surface area is 112 Å². The van der Waals surface area contributed by atoms with Crippen LogP contribution in [0.25, 0.3) is 0 Å². The number of methoxy groups -OCH3 is 2. The molecule has 1 aromatic rings. The number of hydrogen-bond donors (Lipinski definition) is 2.